The molecule has 4 nitrogen and oxygen atoms in total. The van der Waals surface area contributed by atoms with Gasteiger partial charge in [0.1, 0.15) is 5.82 Å². The molecule has 1 aliphatic heterocycles. The zero-order valence-corrected chi connectivity index (χ0v) is 13.3. The van der Waals surface area contributed by atoms with Crippen LogP contribution < -0.4 is 4.90 Å². The topological polar surface area (TPSA) is 49.1 Å². The second-order valence-electron chi connectivity index (χ2n) is 5.69. The highest BCUT2D eigenvalue weighted by Gasteiger charge is 2.21. The molecule has 1 saturated heterocycles. The van der Waals surface area contributed by atoms with Gasteiger partial charge in [-0.25, -0.2) is 4.98 Å². The van der Waals surface area contributed by atoms with Gasteiger partial charge in [0.25, 0.3) is 0 Å². The number of aromatic nitrogens is 1. The van der Waals surface area contributed by atoms with Crippen molar-refractivity contribution < 1.29 is 4.74 Å². The summed E-state index contributed by atoms with van der Waals surface area (Å²) < 4.78 is 5.24. The molecule has 0 bridgehead atoms. The molecule has 1 aromatic carbocycles. The molecule has 0 atom stereocenters. The average molecular weight is 316 g/mol. The van der Waals surface area contributed by atoms with Gasteiger partial charge in [0, 0.05) is 37.2 Å². The predicted octanol–water partition coefficient (Wildman–Crippen LogP) is 3.62. The van der Waals surface area contributed by atoms with Crippen molar-refractivity contribution in [3.05, 3.63) is 34.9 Å². The van der Waals surface area contributed by atoms with E-state index in [4.69, 9.17) is 21.3 Å². The van der Waals surface area contributed by atoms with Gasteiger partial charge < -0.3 is 9.64 Å². The van der Waals surface area contributed by atoms with E-state index in [0.29, 0.717) is 16.5 Å². The minimum atomic E-state index is 0.621. The predicted molar refractivity (Wildman–Crippen MR) is 88.3 cm³/mol. The van der Waals surface area contributed by atoms with E-state index in [1.807, 2.05) is 18.2 Å². The third kappa shape index (κ3) is 3.01. The molecule has 22 heavy (non-hydrogen) atoms. The van der Waals surface area contributed by atoms with E-state index >= 15 is 0 Å². The number of nitrogens with zero attached hydrogens (tertiary/aromatic N) is 3. The molecule has 0 amide bonds. The van der Waals surface area contributed by atoms with Gasteiger partial charge in [-0.1, -0.05) is 11.6 Å². The highest BCUT2D eigenvalue weighted by molar-refractivity contribution is 6.31. The minimum absolute atomic E-state index is 0.621. The van der Waals surface area contributed by atoms with Crippen molar-refractivity contribution in [1.29, 1.82) is 5.26 Å². The number of methoxy groups -OCH3 is 1. The zero-order valence-electron chi connectivity index (χ0n) is 12.6. The highest BCUT2D eigenvalue weighted by atomic mass is 35.5. The molecule has 1 fully saturated rings. The summed E-state index contributed by atoms with van der Waals surface area (Å²) in [6, 6.07) is 9.62. The van der Waals surface area contributed by atoms with Crippen LogP contribution >= 0.6 is 11.6 Å². The Morgan fingerprint density at radius 3 is 2.82 bits per heavy atom. The van der Waals surface area contributed by atoms with Crippen LogP contribution in [0.3, 0.4) is 0 Å². The molecule has 5 heteroatoms. The minimum Gasteiger partial charge on any atom is -0.384 e. The Morgan fingerprint density at radius 2 is 2.14 bits per heavy atom. The van der Waals surface area contributed by atoms with E-state index in [-0.39, 0.29) is 0 Å². The summed E-state index contributed by atoms with van der Waals surface area (Å²) in [6.07, 6.45) is 2.19. The number of ether oxygens (including phenoxy) is 1. The maximum Gasteiger partial charge on any atom is 0.130 e. The third-order valence-corrected chi connectivity index (χ3v) is 4.45. The van der Waals surface area contributed by atoms with Gasteiger partial charge in [0.05, 0.1) is 17.1 Å². The maximum absolute atomic E-state index is 9.41. The first-order valence-electron chi connectivity index (χ1n) is 7.45. The van der Waals surface area contributed by atoms with E-state index in [1.165, 1.54) is 0 Å². The maximum atomic E-state index is 9.41. The summed E-state index contributed by atoms with van der Waals surface area (Å²) in [6.45, 7) is 2.72. The number of pyridine rings is 1. The van der Waals surface area contributed by atoms with Gasteiger partial charge in [-0.15, -0.1) is 0 Å². The molecule has 114 valence electrons. The largest absolute Gasteiger partial charge is 0.384 e. The molecular formula is C17H18ClN3O. The Hall–Kier alpha value is -1.83. The SMILES string of the molecule is COCC1CCN(c2cc(C#N)c3cc(Cl)ccc3n2)CC1. The summed E-state index contributed by atoms with van der Waals surface area (Å²) in [5.41, 5.74) is 1.44. The van der Waals surface area contributed by atoms with Crippen molar-refractivity contribution in [2.45, 2.75) is 12.8 Å². The first-order valence-corrected chi connectivity index (χ1v) is 7.83. The van der Waals surface area contributed by atoms with Crippen molar-refractivity contribution in [1.82, 2.24) is 4.98 Å². The van der Waals surface area contributed by atoms with Crippen LogP contribution in [0.2, 0.25) is 5.02 Å². The van der Waals surface area contributed by atoms with E-state index in [2.05, 4.69) is 11.0 Å². The monoisotopic (exact) mass is 315 g/mol. The number of nitriles is 1. The van der Waals surface area contributed by atoms with Crippen molar-refractivity contribution in [2.75, 3.05) is 31.7 Å². The Labute approximate surface area is 135 Å². The van der Waals surface area contributed by atoms with E-state index in [9.17, 15) is 5.26 Å². The summed E-state index contributed by atoms with van der Waals surface area (Å²) in [5, 5.41) is 10.8. The van der Waals surface area contributed by atoms with Crippen LogP contribution in [0.15, 0.2) is 24.3 Å². The Morgan fingerprint density at radius 1 is 1.36 bits per heavy atom. The second kappa shape index (κ2) is 6.51. The van der Waals surface area contributed by atoms with E-state index < -0.39 is 0 Å². The van der Waals surface area contributed by atoms with Crippen LogP contribution in [-0.4, -0.2) is 31.8 Å². The second-order valence-corrected chi connectivity index (χ2v) is 6.12. The summed E-state index contributed by atoms with van der Waals surface area (Å²) in [5.74, 6) is 1.50. The van der Waals surface area contributed by atoms with Crippen molar-refractivity contribution >= 4 is 28.3 Å². The van der Waals surface area contributed by atoms with Crippen LogP contribution in [0.5, 0.6) is 0 Å². The zero-order chi connectivity index (χ0) is 15.5. The standard InChI is InChI=1S/C17H18ClN3O/c1-22-11-12-4-6-21(7-5-12)17-8-13(10-19)15-9-14(18)2-3-16(15)20-17/h2-3,8-9,12H,4-7,11H2,1H3. The van der Waals surface area contributed by atoms with Crippen LogP contribution in [0, 0.1) is 17.2 Å². The fourth-order valence-corrected chi connectivity index (χ4v) is 3.18. The Balaban J connectivity index is 1.89. The highest BCUT2D eigenvalue weighted by Crippen LogP contribution is 2.28. The molecule has 1 aliphatic rings. The van der Waals surface area contributed by atoms with Crippen molar-refractivity contribution in [2.24, 2.45) is 5.92 Å². The smallest absolute Gasteiger partial charge is 0.130 e. The van der Waals surface area contributed by atoms with Crippen molar-refractivity contribution in [3.63, 3.8) is 0 Å². The van der Waals surface area contributed by atoms with Crippen LogP contribution in [0.4, 0.5) is 5.82 Å². The molecule has 0 unspecified atom stereocenters. The Bertz CT molecular complexity index is 718. The quantitative estimate of drug-likeness (QED) is 0.868. The average Bonchev–Trinajstić information content (AvgIpc) is 2.55. The first-order chi connectivity index (χ1) is 10.7. The summed E-state index contributed by atoms with van der Waals surface area (Å²) in [4.78, 5) is 6.96. The van der Waals surface area contributed by atoms with Gasteiger partial charge in [-0.2, -0.15) is 5.26 Å². The summed E-state index contributed by atoms with van der Waals surface area (Å²) in [7, 11) is 1.75. The van der Waals surface area contributed by atoms with E-state index in [1.54, 1.807) is 13.2 Å². The lowest BCUT2D eigenvalue weighted by molar-refractivity contribution is 0.139. The molecule has 1 aromatic heterocycles. The van der Waals surface area contributed by atoms with Gasteiger partial charge >= 0.3 is 0 Å². The number of piperidine rings is 1. The fraction of sp³-hybridized carbons (Fsp3) is 0.412. The lowest BCUT2D eigenvalue weighted by atomic mass is 9.97. The molecular weight excluding hydrogens is 298 g/mol. The number of hydrogen-bond acceptors (Lipinski definition) is 4. The van der Waals surface area contributed by atoms with E-state index in [0.717, 1.165) is 49.3 Å². The molecule has 0 radical (unpaired) electrons. The normalized spacial score (nSPS) is 16.0. The number of halogens is 1. The number of anilines is 1. The molecule has 0 spiro atoms. The van der Waals surface area contributed by atoms with Gasteiger partial charge in [0.2, 0.25) is 0 Å². The number of benzene rings is 1. The molecule has 2 heterocycles. The lowest BCUT2D eigenvalue weighted by Crippen LogP contribution is -2.35. The summed E-state index contributed by atoms with van der Waals surface area (Å²) >= 11 is 6.02. The molecule has 3 rings (SSSR count). The molecule has 0 N–H and O–H groups in total. The molecule has 0 saturated carbocycles. The van der Waals surface area contributed by atoms with Crippen LogP contribution in [0.1, 0.15) is 18.4 Å². The Kier molecular flexibility index (Phi) is 4.47. The number of rotatable bonds is 3. The lowest BCUT2D eigenvalue weighted by Gasteiger charge is -2.32. The van der Waals surface area contributed by atoms with Gasteiger partial charge in [-0.3, -0.25) is 0 Å². The van der Waals surface area contributed by atoms with Crippen LogP contribution in [0.25, 0.3) is 10.9 Å². The fourth-order valence-electron chi connectivity index (χ4n) is 3.00. The number of fused-ring (bicyclic) bond motifs is 1. The van der Waals surface area contributed by atoms with Crippen LogP contribution in [-0.2, 0) is 4.74 Å². The molecule has 0 aliphatic carbocycles. The molecule has 2 aromatic rings. The third-order valence-electron chi connectivity index (χ3n) is 4.22. The first kappa shape index (κ1) is 15.1. The number of hydrogen-bond donors (Lipinski definition) is 0. The van der Waals surface area contributed by atoms with Crippen molar-refractivity contribution in [3.8, 4) is 6.07 Å². The van der Waals surface area contributed by atoms with Gasteiger partial charge in [0.15, 0.2) is 0 Å². The van der Waals surface area contributed by atoms with Gasteiger partial charge in [-0.05, 0) is 43.0 Å².